The Morgan fingerprint density at radius 2 is 1.64 bits per heavy atom. The zero-order chi connectivity index (χ0) is 20.0. The second kappa shape index (κ2) is 14.2. The lowest BCUT2D eigenvalue weighted by Gasteiger charge is -2.16. The summed E-state index contributed by atoms with van der Waals surface area (Å²) < 4.78 is 15.8. The van der Waals surface area contributed by atoms with Crippen LogP contribution in [0.15, 0.2) is 0 Å². The zero-order valence-electron chi connectivity index (χ0n) is 16.5. The van der Waals surface area contributed by atoms with E-state index in [0.29, 0.717) is 63.5 Å². The van der Waals surface area contributed by atoms with Gasteiger partial charge in [0, 0.05) is 30.5 Å². The van der Waals surface area contributed by atoms with Crippen molar-refractivity contribution in [3.63, 3.8) is 0 Å². The van der Waals surface area contributed by atoms with Crippen molar-refractivity contribution >= 4 is 23.6 Å². The zero-order valence-corrected chi connectivity index (χ0v) is 17.3. The summed E-state index contributed by atoms with van der Waals surface area (Å²) in [6.45, 7) is 2.93. The maximum atomic E-state index is 11.9. The van der Waals surface area contributed by atoms with Gasteiger partial charge in [-0.25, -0.2) is 4.79 Å². The van der Waals surface area contributed by atoms with Gasteiger partial charge in [-0.1, -0.05) is 6.42 Å². The number of rotatable bonds is 17. The van der Waals surface area contributed by atoms with E-state index in [1.54, 1.807) is 0 Å². The molecular formula is C19H34N2O6S. The summed E-state index contributed by atoms with van der Waals surface area (Å²) in [7, 11) is 0. The van der Waals surface area contributed by atoms with E-state index in [0.717, 1.165) is 31.4 Å². The van der Waals surface area contributed by atoms with Gasteiger partial charge in [0.1, 0.15) is 5.78 Å². The molecule has 0 bridgehead atoms. The molecule has 0 spiro atoms. The number of ketones is 1. The highest BCUT2D eigenvalue weighted by atomic mass is 32.2. The predicted octanol–water partition coefficient (Wildman–Crippen LogP) is 1.10. The number of ether oxygens (including phenoxy) is 3. The Bertz CT molecular complexity index is 468. The Morgan fingerprint density at radius 3 is 2.39 bits per heavy atom. The summed E-state index contributed by atoms with van der Waals surface area (Å²) in [6, 6.07) is 0.479. The second-order valence-electron chi connectivity index (χ2n) is 7.07. The Kier molecular flexibility index (Phi) is 11.8. The molecule has 0 unspecified atom stereocenters. The number of thioether (sulfide) groups is 1. The van der Waals surface area contributed by atoms with Gasteiger partial charge in [-0.3, -0.25) is 4.79 Å². The third-order valence-electron chi connectivity index (χ3n) is 4.86. The van der Waals surface area contributed by atoms with E-state index >= 15 is 0 Å². The van der Waals surface area contributed by atoms with Gasteiger partial charge < -0.3 is 30.0 Å². The molecule has 3 N–H and O–H groups in total. The summed E-state index contributed by atoms with van der Waals surface area (Å²) in [5, 5.41) is 15.0. The Hall–Kier alpha value is -0.870. The first-order chi connectivity index (χ1) is 13.7. The predicted molar refractivity (Wildman–Crippen MR) is 108 cm³/mol. The van der Waals surface area contributed by atoms with Crippen LogP contribution in [0, 0.1) is 0 Å². The number of carbonyl (C=O) groups is 2. The summed E-state index contributed by atoms with van der Waals surface area (Å²) in [5.74, 6) is 1.28. The number of amides is 2. The van der Waals surface area contributed by atoms with Crippen LogP contribution in [-0.4, -0.2) is 86.3 Å². The van der Waals surface area contributed by atoms with E-state index in [2.05, 4.69) is 10.6 Å². The van der Waals surface area contributed by atoms with Gasteiger partial charge in [0.2, 0.25) is 0 Å². The van der Waals surface area contributed by atoms with Crippen LogP contribution in [0.5, 0.6) is 0 Å². The Labute approximate surface area is 171 Å². The number of hydrogen-bond acceptors (Lipinski definition) is 7. The van der Waals surface area contributed by atoms with Crippen molar-refractivity contribution in [1.29, 1.82) is 0 Å². The molecule has 8 nitrogen and oxygen atoms in total. The minimum absolute atomic E-state index is 0.0274. The van der Waals surface area contributed by atoms with Crippen molar-refractivity contribution in [1.82, 2.24) is 10.6 Å². The molecule has 0 saturated carbocycles. The van der Waals surface area contributed by atoms with Gasteiger partial charge >= 0.3 is 6.03 Å². The number of unbranched alkanes of at least 4 members (excludes halogenated alkanes) is 1. The maximum absolute atomic E-state index is 11.9. The number of nitrogens with one attached hydrogen (secondary N) is 2. The van der Waals surface area contributed by atoms with E-state index in [-0.39, 0.29) is 24.7 Å². The minimum atomic E-state index is -0.0451. The first kappa shape index (κ1) is 23.4. The molecule has 3 atom stereocenters. The molecule has 0 aromatic carbocycles. The van der Waals surface area contributed by atoms with Crippen molar-refractivity contribution in [3.05, 3.63) is 0 Å². The first-order valence-corrected chi connectivity index (χ1v) is 11.3. The van der Waals surface area contributed by atoms with Crippen LogP contribution in [0.3, 0.4) is 0 Å². The standard InChI is InChI=1S/C19H34N2O6S/c22-7-9-26-11-13-27-12-10-25-8-3-5-15(23)4-1-2-6-17-18-16(14-28-17)20-19(24)21-18/h16-18,22H,1-14H2,(H2,20,21,24)/t16-,17-,18-/m0/s1. The van der Waals surface area contributed by atoms with E-state index in [1.807, 2.05) is 11.8 Å². The smallest absolute Gasteiger partial charge is 0.315 e. The van der Waals surface area contributed by atoms with Crippen molar-refractivity contribution < 1.29 is 28.9 Å². The molecule has 0 aromatic heterocycles. The molecule has 0 aromatic rings. The van der Waals surface area contributed by atoms with Crippen molar-refractivity contribution in [2.45, 2.75) is 55.9 Å². The fourth-order valence-corrected chi connectivity index (χ4v) is 4.96. The molecule has 2 aliphatic heterocycles. The number of fused-ring (bicyclic) bond motifs is 1. The second-order valence-corrected chi connectivity index (χ2v) is 8.34. The molecule has 2 fully saturated rings. The molecule has 2 amide bonds. The van der Waals surface area contributed by atoms with Crippen molar-refractivity contribution in [3.8, 4) is 0 Å². The molecule has 0 radical (unpaired) electrons. The van der Waals surface area contributed by atoms with Crippen LogP contribution in [0.4, 0.5) is 4.79 Å². The van der Waals surface area contributed by atoms with Gasteiger partial charge in [0.25, 0.3) is 0 Å². The van der Waals surface area contributed by atoms with Crippen LogP contribution in [0.2, 0.25) is 0 Å². The van der Waals surface area contributed by atoms with Gasteiger partial charge in [0.05, 0.1) is 51.7 Å². The van der Waals surface area contributed by atoms with Crippen LogP contribution >= 0.6 is 11.8 Å². The Balaban J connectivity index is 1.34. The average molecular weight is 419 g/mol. The van der Waals surface area contributed by atoms with Crippen LogP contribution < -0.4 is 10.6 Å². The van der Waals surface area contributed by atoms with Crippen molar-refractivity contribution in [2.75, 3.05) is 52.0 Å². The van der Waals surface area contributed by atoms with Crippen LogP contribution in [0.1, 0.15) is 38.5 Å². The third kappa shape index (κ3) is 9.09. The van der Waals surface area contributed by atoms with E-state index < -0.39 is 0 Å². The highest BCUT2D eigenvalue weighted by Crippen LogP contribution is 2.33. The van der Waals surface area contributed by atoms with E-state index in [4.69, 9.17) is 19.3 Å². The summed E-state index contributed by atoms with van der Waals surface area (Å²) in [4.78, 5) is 23.3. The Morgan fingerprint density at radius 1 is 0.964 bits per heavy atom. The molecule has 2 rings (SSSR count). The van der Waals surface area contributed by atoms with Crippen LogP contribution in [0.25, 0.3) is 0 Å². The van der Waals surface area contributed by atoms with Crippen molar-refractivity contribution in [2.24, 2.45) is 0 Å². The van der Waals surface area contributed by atoms with Gasteiger partial charge in [-0.2, -0.15) is 11.8 Å². The summed E-state index contributed by atoms with van der Waals surface area (Å²) in [6.07, 6.45) is 4.94. The molecule has 9 heteroatoms. The molecule has 28 heavy (non-hydrogen) atoms. The number of aliphatic hydroxyl groups is 1. The third-order valence-corrected chi connectivity index (χ3v) is 6.36. The molecular weight excluding hydrogens is 384 g/mol. The fraction of sp³-hybridized carbons (Fsp3) is 0.895. The lowest BCUT2D eigenvalue weighted by Crippen LogP contribution is -2.36. The number of hydrogen-bond donors (Lipinski definition) is 3. The normalized spacial score (nSPS) is 23.5. The average Bonchev–Trinajstić information content (AvgIpc) is 3.22. The summed E-state index contributed by atoms with van der Waals surface area (Å²) in [5.41, 5.74) is 0. The summed E-state index contributed by atoms with van der Waals surface area (Å²) >= 11 is 1.92. The number of aliphatic hydroxyl groups excluding tert-OH is 1. The molecule has 2 saturated heterocycles. The first-order valence-electron chi connectivity index (χ1n) is 10.2. The van der Waals surface area contributed by atoms with Gasteiger partial charge in [-0.15, -0.1) is 0 Å². The molecule has 0 aliphatic carbocycles. The van der Waals surface area contributed by atoms with E-state index in [1.165, 1.54) is 0 Å². The van der Waals surface area contributed by atoms with Crippen LogP contribution in [-0.2, 0) is 19.0 Å². The largest absolute Gasteiger partial charge is 0.394 e. The highest BCUT2D eigenvalue weighted by Gasteiger charge is 2.42. The number of urea groups is 1. The fourth-order valence-electron chi connectivity index (χ4n) is 3.41. The molecule has 162 valence electrons. The van der Waals surface area contributed by atoms with Gasteiger partial charge in [-0.05, 0) is 19.3 Å². The monoisotopic (exact) mass is 418 g/mol. The van der Waals surface area contributed by atoms with E-state index in [9.17, 15) is 9.59 Å². The molecule has 2 heterocycles. The number of carbonyl (C=O) groups excluding carboxylic acids is 2. The highest BCUT2D eigenvalue weighted by molar-refractivity contribution is 8.00. The lowest BCUT2D eigenvalue weighted by atomic mass is 10.0. The lowest BCUT2D eigenvalue weighted by molar-refractivity contribution is -0.119. The van der Waals surface area contributed by atoms with Gasteiger partial charge in [0.15, 0.2) is 0 Å². The quantitative estimate of drug-likeness (QED) is 0.240. The topological polar surface area (TPSA) is 106 Å². The molecule has 2 aliphatic rings. The number of Topliss-reactive ketones (excluding diaryl/α,β-unsaturated/α-hetero) is 1. The maximum Gasteiger partial charge on any atom is 0.315 e. The minimum Gasteiger partial charge on any atom is -0.394 e. The SMILES string of the molecule is O=C(CCCC[C@@H]1SC[C@@H]2NC(=O)N[C@@H]21)CCCOCCOCCOCCO.